The standard InChI is InChI=1S/C32H60O6/c1-7-10-12-14-21-37-29(35)17-16-19-31(4,5)25-23-28(34)26(24-27(25)33)32(6,9-3)20-18-30(36)38-22-15-13-11-8-2/h25-28,33-34H,7-24H2,1-6H3. The molecule has 6 nitrogen and oxygen atoms in total. The van der Waals surface area contributed by atoms with Gasteiger partial charge in [0.15, 0.2) is 0 Å². The molecule has 0 saturated heterocycles. The fraction of sp³-hybridized carbons (Fsp3) is 0.938. The first-order valence-electron chi connectivity index (χ1n) is 15.7. The summed E-state index contributed by atoms with van der Waals surface area (Å²) in [6, 6.07) is 0. The number of aliphatic hydroxyl groups is 2. The van der Waals surface area contributed by atoms with Crippen LogP contribution in [0.15, 0.2) is 0 Å². The maximum absolute atomic E-state index is 12.3. The van der Waals surface area contributed by atoms with Gasteiger partial charge in [0.1, 0.15) is 0 Å². The van der Waals surface area contributed by atoms with Crippen LogP contribution in [-0.2, 0) is 19.1 Å². The van der Waals surface area contributed by atoms with Crippen LogP contribution < -0.4 is 0 Å². The Morgan fingerprint density at radius 3 is 1.71 bits per heavy atom. The minimum atomic E-state index is -0.522. The number of aliphatic hydroxyl groups excluding tert-OH is 2. The van der Waals surface area contributed by atoms with Gasteiger partial charge in [-0.1, -0.05) is 86.5 Å². The molecule has 5 unspecified atom stereocenters. The number of hydrogen-bond acceptors (Lipinski definition) is 6. The van der Waals surface area contributed by atoms with Gasteiger partial charge in [-0.25, -0.2) is 0 Å². The van der Waals surface area contributed by atoms with Crippen molar-refractivity contribution in [2.75, 3.05) is 13.2 Å². The van der Waals surface area contributed by atoms with Gasteiger partial charge in [-0.2, -0.15) is 0 Å². The molecule has 1 rings (SSSR count). The average Bonchev–Trinajstić information content (AvgIpc) is 2.88. The summed E-state index contributed by atoms with van der Waals surface area (Å²) < 4.78 is 10.8. The normalized spacial score (nSPS) is 23.6. The van der Waals surface area contributed by atoms with Crippen LogP contribution in [0.5, 0.6) is 0 Å². The summed E-state index contributed by atoms with van der Waals surface area (Å²) in [4.78, 5) is 24.4. The summed E-state index contributed by atoms with van der Waals surface area (Å²) in [5.41, 5.74) is -0.436. The maximum atomic E-state index is 12.3. The average molecular weight is 541 g/mol. The van der Waals surface area contributed by atoms with E-state index in [0.29, 0.717) is 45.3 Å². The summed E-state index contributed by atoms with van der Waals surface area (Å²) >= 11 is 0. The van der Waals surface area contributed by atoms with E-state index in [4.69, 9.17) is 9.47 Å². The quantitative estimate of drug-likeness (QED) is 0.124. The SMILES string of the molecule is CCCCCCOC(=O)CCCC(C)(C)C1CC(O)C(C(C)(CC)CCC(=O)OCCCCCC)CC1O. The Hall–Kier alpha value is -1.14. The molecule has 0 aliphatic heterocycles. The largest absolute Gasteiger partial charge is 0.466 e. The number of rotatable bonds is 20. The molecule has 0 aromatic carbocycles. The lowest BCUT2D eigenvalue weighted by molar-refractivity contribution is -0.146. The van der Waals surface area contributed by atoms with Crippen LogP contribution in [-0.4, -0.2) is 47.6 Å². The van der Waals surface area contributed by atoms with E-state index in [2.05, 4.69) is 41.5 Å². The smallest absolute Gasteiger partial charge is 0.305 e. The van der Waals surface area contributed by atoms with Gasteiger partial charge in [0, 0.05) is 12.8 Å². The monoisotopic (exact) mass is 540 g/mol. The van der Waals surface area contributed by atoms with Crippen molar-refractivity contribution in [2.24, 2.45) is 22.7 Å². The second kappa shape index (κ2) is 18.3. The van der Waals surface area contributed by atoms with Crippen molar-refractivity contribution in [3.63, 3.8) is 0 Å². The predicted octanol–water partition coefficient (Wildman–Crippen LogP) is 7.37. The molecule has 0 radical (unpaired) electrons. The summed E-state index contributed by atoms with van der Waals surface area (Å²) in [6.45, 7) is 13.8. The fourth-order valence-electron chi connectivity index (χ4n) is 6.21. The Bertz CT molecular complexity index is 662. The van der Waals surface area contributed by atoms with Gasteiger partial charge in [0.25, 0.3) is 0 Å². The molecule has 1 saturated carbocycles. The van der Waals surface area contributed by atoms with E-state index in [1.807, 2.05) is 0 Å². The van der Waals surface area contributed by atoms with Crippen molar-refractivity contribution in [3.05, 3.63) is 0 Å². The maximum Gasteiger partial charge on any atom is 0.305 e. The Labute approximate surface area is 233 Å². The van der Waals surface area contributed by atoms with E-state index in [1.54, 1.807) is 0 Å². The molecule has 1 aliphatic carbocycles. The van der Waals surface area contributed by atoms with E-state index in [0.717, 1.165) is 64.2 Å². The van der Waals surface area contributed by atoms with Gasteiger partial charge in [0.2, 0.25) is 0 Å². The van der Waals surface area contributed by atoms with Crippen LogP contribution in [0, 0.1) is 22.7 Å². The second-order valence-electron chi connectivity index (χ2n) is 12.7. The minimum Gasteiger partial charge on any atom is -0.466 e. The van der Waals surface area contributed by atoms with Crippen LogP contribution in [0.25, 0.3) is 0 Å². The van der Waals surface area contributed by atoms with E-state index >= 15 is 0 Å². The van der Waals surface area contributed by atoms with Gasteiger partial charge in [0.05, 0.1) is 25.4 Å². The summed E-state index contributed by atoms with van der Waals surface area (Å²) in [6.07, 6.45) is 12.5. The van der Waals surface area contributed by atoms with Crippen molar-refractivity contribution in [1.29, 1.82) is 0 Å². The highest BCUT2D eigenvalue weighted by Gasteiger charge is 2.48. The first-order chi connectivity index (χ1) is 18.0. The number of carbonyl (C=O) groups excluding carboxylic acids is 2. The summed E-state index contributed by atoms with van der Waals surface area (Å²) in [5, 5.41) is 22.5. The van der Waals surface area contributed by atoms with E-state index in [-0.39, 0.29) is 34.6 Å². The summed E-state index contributed by atoms with van der Waals surface area (Å²) in [7, 11) is 0. The van der Waals surface area contributed by atoms with Crippen molar-refractivity contribution in [1.82, 2.24) is 0 Å². The molecule has 0 aromatic rings. The van der Waals surface area contributed by atoms with Crippen LogP contribution in [0.2, 0.25) is 0 Å². The Kier molecular flexibility index (Phi) is 16.8. The van der Waals surface area contributed by atoms with Gasteiger partial charge in [-0.15, -0.1) is 0 Å². The van der Waals surface area contributed by atoms with Crippen LogP contribution in [0.3, 0.4) is 0 Å². The molecule has 38 heavy (non-hydrogen) atoms. The van der Waals surface area contributed by atoms with Gasteiger partial charge >= 0.3 is 11.9 Å². The predicted molar refractivity (Wildman–Crippen MR) is 154 cm³/mol. The molecule has 0 spiro atoms. The second-order valence-corrected chi connectivity index (χ2v) is 12.7. The third-order valence-corrected chi connectivity index (χ3v) is 9.25. The lowest BCUT2D eigenvalue weighted by Gasteiger charge is -2.50. The molecule has 1 aliphatic rings. The number of ether oxygens (including phenoxy) is 2. The fourth-order valence-corrected chi connectivity index (χ4v) is 6.21. The molecule has 0 heterocycles. The number of unbranched alkanes of at least 4 members (excludes halogenated alkanes) is 6. The topological polar surface area (TPSA) is 93.1 Å². The van der Waals surface area contributed by atoms with Crippen molar-refractivity contribution < 1.29 is 29.3 Å². The molecule has 0 amide bonds. The molecule has 224 valence electrons. The minimum absolute atomic E-state index is 0.0343. The van der Waals surface area contributed by atoms with Gasteiger partial charge in [-0.3, -0.25) is 9.59 Å². The molecule has 0 bridgehead atoms. The lowest BCUT2D eigenvalue weighted by atomic mass is 9.58. The molecule has 6 heteroatoms. The van der Waals surface area contributed by atoms with Crippen LogP contribution in [0.1, 0.15) is 144 Å². The molecule has 1 fully saturated rings. The zero-order valence-electron chi connectivity index (χ0n) is 25.6. The van der Waals surface area contributed by atoms with Gasteiger partial charge in [-0.05, 0) is 67.6 Å². The highest BCUT2D eigenvalue weighted by atomic mass is 16.5. The Morgan fingerprint density at radius 1 is 0.684 bits per heavy atom. The molecule has 2 N–H and O–H groups in total. The highest BCUT2D eigenvalue weighted by molar-refractivity contribution is 5.69. The first-order valence-corrected chi connectivity index (χ1v) is 15.7. The van der Waals surface area contributed by atoms with E-state index in [9.17, 15) is 19.8 Å². The van der Waals surface area contributed by atoms with Crippen molar-refractivity contribution >= 4 is 11.9 Å². The number of carbonyl (C=O) groups is 2. The van der Waals surface area contributed by atoms with Crippen LogP contribution >= 0.6 is 0 Å². The lowest BCUT2D eigenvalue weighted by Crippen LogP contribution is -2.49. The van der Waals surface area contributed by atoms with Crippen molar-refractivity contribution in [3.8, 4) is 0 Å². The van der Waals surface area contributed by atoms with Crippen LogP contribution in [0.4, 0.5) is 0 Å². The van der Waals surface area contributed by atoms with E-state index in [1.165, 1.54) is 6.42 Å². The zero-order valence-corrected chi connectivity index (χ0v) is 25.6. The molecular formula is C32H60O6. The first kappa shape index (κ1) is 34.9. The Morgan fingerprint density at radius 2 is 1.18 bits per heavy atom. The third-order valence-electron chi connectivity index (χ3n) is 9.25. The van der Waals surface area contributed by atoms with E-state index < -0.39 is 12.2 Å². The Balaban J connectivity index is 2.54. The molecular weight excluding hydrogens is 480 g/mol. The van der Waals surface area contributed by atoms with Gasteiger partial charge < -0.3 is 19.7 Å². The zero-order chi connectivity index (χ0) is 28.6. The molecule has 5 atom stereocenters. The van der Waals surface area contributed by atoms with Crippen molar-refractivity contribution in [2.45, 2.75) is 156 Å². The highest BCUT2D eigenvalue weighted by Crippen LogP contribution is 2.50. The third kappa shape index (κ3) is 12.4. The molecule has 0 aromatic heterocycles. The number of esters is 2. The summed E-state index contributed by atoms with van der Waals surface area (Å²) in [5.74, 6) is -0.395. The number of hydrogen-bond donors (Lipinski definition) is 2.